The molecule has 1 saturated heterocycles. The smallest absolute Gasteiger partial charge is 0.267 e. The summed E-state index contributed by atoms with van der Waals surface area (Å²) in [6.07, 6.45) is 1.63. The molecule has 0 bridgehead atoms. The second-order valence-corrected chi connectivity index (χ2v) is 9.58. The van der Waals surface area contributed by atoms with Crippen LogP contribution in [0.4, 0.5) is 17.3 Å². The number of anilines is 1. The summed E-state index contributed by atoms with van der Waals surface area (Å²) in [6, 6.07) is 20.4. The second-order valence-electron chi connectivity index (χ2n) is 8.66. The van der Waals surface area contributed by atoms with Gasteiger partial charge in [-0.15, -0.1) is 0 Å². The number of thioether (sulfide) groups is 1. The number of aliphatic hydroxyl groups excluding tert-OH is 2. The first-order chi connectivity index (χ1) is 16.5. The molecule has 4 N–H and O–H groups in total. The number of aromatic nitrogens is 2. The third kappa shape index (κ3) is 3.89. The van der Waals surface area contributed by atoms with Crippen molar-refractivity contribution in [2.45, 2.75) is 30.5 Å². The van der Waals surface area contributed by atoms with Gasteiger partial charge in [0.2, 0.25) is 6.23 Å². The summed E-state index contributed by atoms with van der Waals surface area (Å²) >= 11 is 1.56. The zero-order chi connectivity index (χ0) is 23.7. The van der Waals surface area contributed by atoms with Crippen LogP contribution >= 0.6 is 11.8 Å². The van der Waals surface area contributed by atoms with Crippen LogP contribution in [0.25, 0.3) is 0 Å². The molecule has 5 atom stereocenters. The Hall–Kier alpha value is -2.82. The van der Waals surface area contributed by atoms with Crippen LogP contribution in [0.15, 0.2) is 72.0 Å². The molecule has 3 heterocycles. The van der Waals surface area contributed by atoms with E-state index in [-0.39, 0.29) is 16.2 Å². The summed E-state index contributed by atoms with van der Waals surface area (Å²) in [6.45, 7) is 0.460. The number of hydrogen-bond acceptors (Lipinski definition) is 8. The van der Waals surface area contributed by atoms with Gasteiger partial charge in [0.1, 0.15) is 25.1 Å². The third-order valence-corrected chi connectivity index (χ3v) is 7.29. The van der Waals surface area contributed by atoms with Gasteiger partial charge in [-0.1, -0.05) is 60.7 Å². The number of nitrogen functional groups attached to an aromatic ring is 1. The molecule has 0 radical (unpaired) electrons. The molecule has 0 amide bonds. The molecule has 0 saturated carbocycles. The van der Waals surface area contributed by atoms with Crippen LogP contribution in [-0.2, 0) is 4.74 Å². The molecule has 34 heavy (non-hydrogen) atoms. The van der Waals surface area contributed by atoms with E-state index in [0.717, 1.165) is 11.1 Å². The monoisotopic (exact) mass is 478 g/mol. The molecule has 2 aliphatic rings. The van der Waals surface area contributed by atoms with Crippen LogP contribution in [0.2, 0.25) is 0 Å². The first kappa shape index (κ1) is 22.9. The molecule has 9 heteroatoms. The lowest BCUT2D eigenvalue weighted by Gasteiger charge is -2.38. The van der Waals surface area contributed by atoms with Crippen molar-refractivity contribution in [1.82, 2.24) is 14.5 Å². The minimum Gasteiger partial charge on any atom is -0.387 e. The number of fused-ring (bicyclic) bond motifs is 1. The minimum absolute atomic E-state index is 0.000381. The maximum Gasteiger partial charge on any atom is 0.267 e. The summed E-state index contributed by atoms with van der Waals surface area (Å²) in [5, 5.41) is 22.0. The Morgan fingerprint density at radius 1 is 1.00 bits per heavy atom. The normalized spacial score (nSPS) is 27.9. The highest BCUT2D eigenvalue weighted by molar-refractivity contribution is 7.98. The number of aliphatic hydroxyl groups is 2. The maximum absolute atomic E-state index is 11.2. The molecule has 0 aliphatic carbocycles. The van der Waals surface area contributed by atoms with Crippen molar-refractivity contribution in [2.75, 3.05) is 24.3 Å². The van der Waals surface area contributed by atoms with Crippen molar-refractivity contribution in [1.29, 1.82) is 0 Å². The lowest BCUT2D eigenvalue weighted by atomic mass is 9.89. The Balaban J connectivity index is 1.65. The van der Waals surface area contributed by atoms with Crippen LogP contribution in [0.3, 0.4) is 0 Å². The van der Waals surface area contributed by atoms with Gasteiger partial charge in [0.15, 0.2) is 23.9 Å². The first-order valence-corrected chi connectivity index (χ1v) is 12.6. The molecule has 3 aromatic rings. The lowest BCUT2D eigenvalue weighted by molar-refractivity contribution is -0.0509. The van der Waals surface area contributed by atoms with Crippen LogP contribution in [0, 0.1) is 0 Å². The number of nitrogens with two attached hydrogens (primary N) is 1. The van der Waals surface area contributed by atoms with E-state index < -0.39 is 24.5 Å². The van der Waals surface area contributed by atoms with Gasteiger partial charge in [0.05, 0.1) is 5.92 Å². The average molecular weight is 479 g/mol. The van der Waals surface area contributed by atoms with Gasteiger partial charge in [0, 0.05) is 5.75 Å². The van der Waals surface area contributed by atoms with Gasteiger partial charge >= 0.3 is 0 Å². The largest absolute Gasteiger partial charge is 0.387 e. The molecule has 1 fully saturated rings. The number of hydrogen-bond donors (Lipinski definition) is 3. The van der Waals surface area contributed by atoms with Crippen LogP contribution in [-0.4, -0.2) is 69.6 Å². The summed E-state index contributed by atoms with van der Waals surface area (Å²) in [7, 11) is 0. The molecular formula is C25H28N5O3S+. The fourth-order valence-corrected chi connectivity index (χ4v) is 5.54. The Morgan fingerprint density at radius 2 is 1.65 bits per heavy atom. The van der Waals surface area contributed by atoms with Crippen molar-refractivity contribution in [3.63, 3.8) is 0 Å². The van der Waals surface area contributed by atoms with Crippen molar-refractivity contribution in [2.24, 2.45) is 4.99 Å². The number of aliphatic imine (C=N–C) groups is 1. The molecule has 8 nitrogen and oxygen atoms in total. The molecule has 176 valence electrons. The molecule has 0 spiro atoms. The van der Waals surface area contributed by atoms with Gasteiger partial charge in [-0.2, -0.15) is 21.7 Å². The summed E-state index contributed by atoms with van der Waals surface area (Å²) in [5.74, 6) is 1.32. The van der Waals surface area contributed by atoms with Crippen molar-refractivity contribution < 1.29 is 14.9 Å². The number of nitrogens with zero attached hydrogens (tertiary/aromatic N) is 4. The number of benzene rings is 2. The molecule has 2 aliphatic heterocycles. The van der Waals surface area contributed by atoms with Gasteiger partial charge in [0.25, 0.3) is 5.82 Å². The van der Waals surface area contributed by atoms with Gasteiger partial charge in [-0.05, 0) is 17.4 Å². The first-order valence-electron chi connectivity index (χ1n) is 11.2. The Morgan fingerprint density at radius 3 is 2.26 bits per heavy atom. The van der Waals surface area contributed by atoms with E-state index in [1.54, 1.807) is 18.1 Å². The van der Waals surface area contributed by atoms with E-state index in [2.05, 4.69) is 39.2 Å². The minimum atomic E-state index is -1.13. The van der Waals surface area contributed by atoms with E-state index in [0.29, 0.717) is 23.8 Å². The fourth-order valence-electron chi connectivity index (χ4n) is 4.94. The Bertz CT molecular complexity index is 1130. The predicted octanol–water partition coefficient (Wildman–Crippen LogP) is 2.68. The van der Waals surface area contributed by atoms with E-state index in [1.165, 1.54) is 6.33 Å². The molecule has 5 rings (SSSR count). The lowest BCUT2D eigenvalue weighted by Crippen LogP contribution is -2.61. The molecule has 2 aromatic carbocycles. The SMILES string of the molecule is CSC[C@H]1O[C@@H]([N+]2(CC(c3ccccc3)c3ccccc3)C=Nc3c(N)ncnc32)[C@H](O)[C@@H]1O. The zero-order valence-electron chi connectivity index (χ0n) is 18.8. The number of rotatable bonds is 7. The van der Waals surface area contributed by atoms with Crippen LogP contribution < -0.4 is 10.2 Å². The van der Waals surface area contributed by atoms with E-state index in [9.17, 15) is 10.2 Å². The molecule has 1 aromatic heterocycles. The Kier molecular flexibility index (Phi) is 6.37. The summed E-state index contributed by atoms with van der Waals surface area (Å²) in [4.78, 5) is 13.3. The van der Waals surface area contributed by atoms with E-state index in [4.69, 9.17) is 10.5 Å². The van der Waals surface area contributed by atoms with Crippen molar-refractivity contribution >= 4 is 35.4 Å². The predicted molar refractivity (Wildman–Crippen MR) is 135 cm³/mol. The average Bonchev–Trinajstić information content (AvgIpc) is 3.38. The topological polar surface area (TPSA) is 114 Å². The van der Waals surface area contributed by atoms with Gasteiger partial charge in [-0.25, -0.2) is 9.47 Å². The highest BCUT2D eigenvalue weighted by atomic mass is 32.2. The van der Waals surface area contributed by atoms with Gasteiger partial charge < -0.3 is 20.7 Å². The summed E-state index contributed by atoms with van der Waals surface area (Å²) in [5.41, 5.74) is 8.85. The Labute approximate surface area is 202 Å². The van der Waals surface area contributed by atoms with E-state index in [1.807, 2.05) is 42.7 Å². The third-order valence-electron chi connectivity index (χ3n) is 6.63. The van der Waals surface area contributed by atoms with Crippen molar-refractivity contribution in [3.05, 3.63) is 78.1 Å². The molecule has 1 unspecified atom stereocenters. The fraction of sp³-hybridized carbons (Fsp3) is 0.320. The number of quaternary nitrogens is 1. The van der Waals surface area contributed by atoms with Crippen LogP contribution in [0.5, 0.6) is 0 Å². The molecular weight excluding hydrogens is 450 g/mol. The second kappa shape index (κ2) is 9.44. The maximum atomic E-state index is 11.2. The highest BCUT2D eigenvalue weighted by Gasteiger charge is 2.58. The quantitative estimate of drug-likeness (QED) is 0.448. The highest BCUT2D eigenvalue weighted by Crippen LogP contribution is 2.46. The van der Waals surface area contributed by atoms with Crippen molar-refractivity contribution in [3.8, 4) is 0 Å². The zero-order valence-corrected chi connectivity index (χ0v) is 19.6. The van der Waals surface area contributed by atoms with Crippen LogP contribution in [0.1, 0.15) is 17.0 Å². The number of ether oxygens (including phenoxy) is 1. The van der Waals surface area contributed by atoms with E-state index >= 15 is 0 Å². The van der Waals surface area contributed by atoms with Gasteiger partial charge in [-0.3, -0.25) is 0 Å². The standard InChI is InChI=1S/C25H28N5O3S/c1-34-13-19-21(31)22(32)25(33-19)30(15-29-20-23(26)27-14-28-24(20)30)12-18(16-8-4-2-5-9-16)17-10-6-3-7-11-17/h2-11,14-15,18-19,21-22,25,31-32H,12-13H2,1H3,(H2,26,27,28)/q+1/t19-,21-,22-,25-,30?/m1/s1. The summed E-state index contributed by atoms with van der Waals surface area (Å²) < 4.78 is 6.34.